The van der Waals surface area contributed by atoms with Crippen molar-refractivity contribution in [2.24, 2.45) is 10.7 Å². The number of nitrogens with zero attached hydrogens (tertiary/aromatic N) is 3. The summed E-state index contributed by atoms with van der Waals surface area (Å²) in [6, 6.07) is 6.29. The highest BCUT2D eigenvalue weighted by Gasteiger charge is 2.16. The summed E-state index contributed by atoms with van der Waals surface area (Å²) in [5.41, 5.74) is 6.57. The lowest BCUT2D eigenvalue weighted by Gasteiger charge is -2.00. The highest BCUT2D eigenvalue weighted by molar-refractivity contribution is 7.22. The Kier molecular flexibility index (Phi) is 3.57. The fraction of sp³-hybridized carbons (Fsp3) is 0.0714. The van der Waals surface area contributed by atoms with Crippen LogP contribution in [0.2, 0.25) is 5.02 Å². The van der Waals surface area contributed by atoms with E-state index < -0.39 is 5.82 Å². The summed E-state index contributed by atoms with van der Waals surface area (Å²) in [5, 5.41) is 0.814. The van der Waals surface area contributed by atoms with Crippen molar-refractivity contribution in [3.63, 3.8) is 0 Å². The number of hydrogen-bond acceptors (Lipinski definition) is 4. The lowest BCUT2D eigenvalue weighted by Crippen LogP contribution is -2.04. The van der Waals surface area contributed by atoms with E-state index in [1.807, 2.05) is 0 Å². The normalized spacial score (nSPS) is 12.0. The molecule has 0 amide bonds. The molecule has 0 spiro atoms. The summed E-state index contributed by atoms with van der Waals surface area (Å²) in [6.07, 6.45) is 1.59. The quantitative estimate of drug-likeness (QED) is 0.569. The van der Waals surface area contributed by atoms with Crippen LogP contribution >= 0.6 is 22.9 Å². The van der Waals surface area contributed by atoms with E-state index in [1.165, 1.54) is 17.4 Å². The number of nitrogens with two attached hydrogens (primary N) is 1. The van der Waals surface area contributed by atoms with E-state index in [2.05, 4.69) is 15.0 Å². The minimum atomic E-state index is -0.408. The molecule has 0 radical (unpaired) electrons. The summed E-state index contributed by atoms with van der Waals surface area (Å²) in [7, 11) is 0. The molecule has 0 aliphatic rings. The van der Waals surface area contributed by atoms with Crippen LogP contribution in [0.4, 0.5) is 10.2 Å². The van der Waals surface area contributed by atoms with Crippen LogP contribution in [0.3, 0.4) is 0 Å². The first-order valence-electron chi connectivity index (χ1n) is 6.07. The second-order valence-corrected chi connectivity index (χ2v) is 5.76. The van der Waals surface area contributed by atoms with E-state index in [-0.39, 0.29) is 0 Å². The van der Waals surface area contributed by atoms with Crippen molar-refractivity contribution in [1.82, 2.24) is 9.97 Å². The van der Waals surface area contributed by atoms with Gasteiger partial charge in [0.15, 0.2) is 5.82 Å². The van der Waals surface area contributed by atoms with Crippen LogP contribution < -0.4 is 5.73 Å². The van der Waals surface area contributed by atoms with Gasteiger partial charge in [0.05, 0.1) is 26.6 Å². The predicted octanol–water partition coefficient (Wildman–Crippen LogP) is 4.16. The standard InChI is InChI=1S/C14H10ClFN4S/c1-7(17)19-13-12-10(5-6-18-13)20-14(21-12)11-8(15)3-2-4-9(11)16/h2-6H,1H3,(H2,17,18,19). The Bertz CT molecular complexity index is 835. The van der Waals surface area contributed by atoms with E-state index in [0.29, 0.717) is 32.8 Å². The van der Waals surface area contributed by atoms with Gasteiger partial charge in [0, 0.05) is 6.20 Å². The number of aromatic nitrogens is 2. The van der Waals surface area contributed by atoms with Crippen LogP contribution in [0, 0.1) is 5.82 Å². The Balaban J connectivity index is 2.25. The van der Waals surface area contributed by atoms with Crippen LogP contribution in [0.1, 0.15) is 6.92 Å². The first-order valence-corrected chi connectivity index (χ1v) is 7.26. The van der Waals surface area contributed by atoms with Gasteiger partial charge >= 0.3 is 0 Å². The summed E-state index contributed by atoms with van der Waals surface area (Å²) in [5.74, 6) is 0.465. The number of fused-ring (bicyclic) bond motifs is 1. The van der Waals surface area contributed by atoms with Crippen molar-refractivity contribution in [3.8, 4) is 10.6 Å². The predicted molar refractivity (Wildman–Crippen MR) is 84.8 cm³/mol. The first kappa shape index (κ1) is 13.9. The second-order valence-electron chi connectivity index (χ2n) is 4.35. The molecule has 0 saturated carbocycles. The fourth-order valence-electron chi connectivity index (χ4n) is 1.90. The number of pyridine rings is 1. The number of rotatable bonds is 2. The Morgan fingerprint density at radius 3 is 2.90 bits per heavy atom. The van der Waals surface area contributed by atoms with E-state index in [0.717, 1.165) is 4.70 Å². The van der Waals surface area contributed by atoms with Crippen molar-refractivity contribution >= 4 is 44.8 Å². The number of thiazole rings is 1. The van der Waals surface area contributed by atoms with Gasteiger partial charge in [-0.05, 0) is 25.1 Å². The third-order valence-electron chi connectivity index (χ3n) is 2.74. The zero-order valence-corrected chi connectivity index (χ0v) is 12.5. The van der Waals surface area contributed by atoms with Gasteiger partial charge in [0.25, 0.3) is 0 Å². The average Bonchev–Trinajstić information content (AvgIpc) is 2.82. The lowest BCUT2D eigenvalue weighted by atomic mass is 10.2. The van der Waals surface area contributed by atoms with Gasteiger partial charge in [-0.3, -0.25) is 0 Å². The van der Waals surface area contributed by atoms with E-state index in [4.69, 9.17) is 17.3 Å². The van der Waals surface area contributed by atoms with Crippen molar-refractivity contribution in [1.29, 1.82) is 0 Å². The topological polar surface area (TPSA) is 64.2 Å². The van der Waals surface area contributed by atoms with Crippen LogP contribution in [-0.2, 0) is 0 Å². The Labute approximate surface area is 129 Å². The Morgan fingerprint density at radius 2 is 2.19 bits per heavy atom. The molecule has 1 aromatic carbocycles. The molecular formula is C14H10ClFN4S. The molecule has 7 heteroatoms. The maximum absolute atomic E-state index is 14.0. The molecule has 2 aromatic heterocycles. The third kappa shape index (κ3) is 2.59. The number of hydrogen-bond donors (Lipinski definition) is 1. The minimum Gasteiger partial charge on any atom is -0.387 e. The Morgan fingerprint density at radius 1 is 1.38 bits per heavy atom. The van der Waals surface area contributed by atoms with Gasteiger partial charge in [-0.2, -0.15) is 0 Å². The highest BCUT2D eigenvalue weighted by atomic mass is 35.5. The molecule has 0 aliphatic heterocycles. The number of benzene rings is 1. The molecule has 0 atom stereocenters. The zero-order chi connectivity index (χ0) is 15.0. The molecule has 0 aliphatic carbocycles. The van der Waals surface area contributed by atoms with Gasteiger partial charge in [-0.25, -0.2) is 19.4 Å². The summed E-state index contributed by atoms with van der Waals surface area (Å²) < 4.78 is 14.7. The van der Waals surface area contributed by atoms with Gasteiger partial charge in [0.1, 0.15) is 10.8 Å². The van der Waals surface area contributed by atoms with Crippen molar-refractivity contribution in [3.05, 3.63) is 41.3 Å². The maximum Gasteiger partial charge on any atom is 0.173 e. The van der Waals surface area contributed by atoms with Crippen molar-refractivity contribution < 1.29 is 4.39 Å². The minimum absolute atomic E-state index is 0.291. The highest BCUT2D eigenvalue weighted by Crippen LogP contribution is 2.38. The Hall–Kier alpha value is -2.05. The zero-order valence-electron chi connectivity index (χ0n) is 11.0. The van der Waals surface area contributed by atoms with E-state index in [9.17, 15) is 4.39 Å². The van der Waals surface area contributed by atoms with Gasteiger partial charge in [-0.1, -0.05) is 17.7 Å². The average molecular weight is 321 g/mol. The van der Waals surface area contributed by atoms with Gasteiger partial charge < -0.3 is 5.73 Å². The molecule has 2 N–H and O–H groups in total. The molecule has 0 unspecified atom stereocenters. The summed E-state index contributed by atoms with van der Waals surface area (Å²) >= 11 is 7.37. The molecule has 2 heterocycles. The molecule has 0 saturated heterocycles. The number of amidine groups is 1. The molecular weight excluding hydrogens is 311 g/mol. The molecule has 0 fully saturated rings. The summed E-state index contributed by atoms with van der Waals surface area (Å²) in [6.45, 7) is 1.68. The second kappa shape index (κ2) is 5.38. The largest absolute Gasteiger partial charge is 0.387 e. The van der Waals surface area contributed by atoms with E-state index >= 15 is 0 Å². The van der Waals surface area contributed by atoms with Crippen LogP contribution in [0.25, 0.3) is 20.8 Å². The van der Waals surface area contributed by atoms with Crippen LogP contribution in [0.5, 0.6) is 0 Å². The van der Waals surface area contributed by atoms with Gasteiger partial charge in [0.2, 0.25) is 0 Å². The summed E-state index contributed by atoms with van der Waals surface area (Å²) in [4.78, 5) is 12.8. The van der Waals surface area contributed by atoms with Crippen LogP contribution in [-0.4, -0.2) is 15.8 Å². The molecule has 3 aromatic rings. The molecule has 3 rings (SSSR count). The lowest BCUT2D eigenvalue weighted by molar-refractivity contribution is 0.631. The van der Waals surface area contributed by atoms with Gasteiger partial charge in [-0.15, -0.1) is 11.3 Å². The smallest absolute Gasteiger partial charge is 0.173 e. The molecule has 4 nitrogen and oxygen atoms in total. The fourth-order valence-corrected chi connectivity index (χ4v) is 3.26. The molecule has 0 bridgehead atoms. The third-order valence-corrected chi connectivity index (χ3v) is 4.14. The van der Waals surface area contributed by atoms with Crippen molar-refractivity contribution in [2.75, 3.05) is 0 Å². The monoisotopic (exact) mass is 320 g/mol. The molecule has 21 heavy (non-hydrogen) atoms. The maximum atomic E-state index is 14.0. The number of aliphatic imine (C=N–C) groups is 1. The van der Waals surface area contributed by atoms with Crippen LogP contribution in [0.15, 0.2) is 35.5 Å². The number of halogens is 2. The van der Waals surface area contributed by atoms with Crippen molar-refractivity contribution in [2.45, 2.75) is 6.92 Å². The van der Waals surface area contributed by atoms with E-state index in [1.54, 1.807) is 31.3 Å². The first-order chi connectivity index (χ1) is 10.1. The SMILES string of the molecule is CC(N)=Nc1nccc2nc(-c3c(F)cccc3Cl)sc12. The molecule has 106 valence electrons.